The van der Waals surface area contributed by atoms with Crippen molar-refractivity contribution in [2.45, 2.75) is 6.54 Å². The van der Waals surface area contributed by atoms with Gasteiger partial charge in [0.1, 0.15) is 11.5 Å². The number of aromatic nitrogens is 2. The summed E-state index contributed by atoms with van der Waals surface area (Å²) in [7, 11) is 0. The summed E-state index contributed by atoms with van der Waals surface area (Å²) < 4.78 is 15.0. The summed E-state index contributed by atoms with van der Waals surface area (Å²) in [5.41, 5.74) is 3.10. The fraction of sp³-hybridized carbons (Fsp3) is 0.0455. The van der Waals surface area contributed by atoms with Gasteiger partial charge >= 0.3 is 0 Å². The van der Waals surface area contributed by atoms with E-state index in [0.29, 0.717) is 11.1 Å². The second kappa shape index (κ2) is 7.44. The number of amides is 1. The summed E-state index contributed by atoms with van der Waals surface area (Å²) in [6.07, 6.45) is 4.97. The Morgan fingerprint density at radius 3 is 2.50 bits per heavy atom. The summed E-state index contributed by atoms with van der Waals surface area (Å²) in [5.74, 6) is -1.72. The molecule has 6 heteroatoms. The molecule has 4 rings (SSSR count). The van der Waals surface area contributed by atoms with Crippen molar-refractivity contribution in [3.8, 4) is 11.1 Å². The van der Waals surface area contributed by atoms with Crippen LogP contribution in [0.5, 0.6) is 0 Å². The Hall–Kier alpha value is -3.80. The predicted octanol–water partition coefficient (Wildman–Crippen LogP) is 3.64. The monoisotopic (exact) mass is 373 g/mol. The van der Waals surface area contributed by atoms with Crippen molar-refractivity contribution in [1.29, 1.82) is 0 Å². The third-order valence-corrected chi connectivity index (χ3v) is 4.46. The van der Waals surface area contributed by atoms with Gasteiger partial charge in [0.2, 0.25) is 0 Å². The molecular weight excluding hydrogens is 357 g/mol. The van der Waals surface area contributed by atoms with Crippen LogP contribution < -0.4 is 5.32 Å². The molecular formula is C22H16FN3O2. The lowest BCUT2D eigenvalue weighted by Crippen LogP contribution is -2.31. The highest BCUT2D eigenvalue weighted by Crippen LogP contribution is 2.28. The molecule has 0 saturated carbocycles. The Kier molecular flexibility index (Phi) is 4.68. The first-order chi connectivity index (χ1) is 13.6. The fourth-order valence-electron chi connectivity index (χ4n) is 3.08. The van der Waals surface area contributed by atoms with Gasteiger partial charge in [0, 0.05) is 36.2 Å². The van der Waals surface area contributed by atoms with Crippen molar-refractivity contribution in [3.05, 3.63) is 96.3 Å². The number of Topliss-reactive ketones (excluding diaryl/α,β-unsaturated/α-hetero) is 1. The highest BCUT2D eigenvalue weighted by Gasteiger charge is 2.24. The molecule has 0 fully saturated rings. The highest BCUT2D eigenvalue weighted by molar-refractivity contribution is 6.43. The number of halogens is 1. The zero-order chi connectivity index (χ0) is 19.5. The molecule has 1 N–H and O–H groups in total. The van der Waals surface area contributed by atoms with Gasteiger partial charge in [-0.15, -0.1) is 0 Å². The topological polar surface area (TPSA) is 63.5 Å². The summed E-state index contributed by atoms with van der Waals surface area (Å²) in [4.78, 5) is 29.5. The molecule has 0 bridgehead atoms. The van der Waals surface area contributed by atoms with Crippen LogP contribution in [0.4, 0.5) is 4.39 Å². The minimum Gasteiger partial charge on any atom is -0.345 e. The Morgan fingerprint density at radius 2 is 1.75 bits per heavy atom. The fourth-order valence-corrected chi connectivity index (χ4v) is 3.08. The van der Waals surface area contributed by atoms with Gasteiger partial charge in [0.05, 0.1) is 0 Å². The minimum atomic E-state index is -0.705. The lowest BCUT2D eigenvalue weighted by Gasteiger charge is -2.08. The van der Waals surface area contributed by atoms with Crippen LogP contribution in [0.15, 0.2) is 79.3 Å². The molecule has 0 saturated heterocycles. The number of hydrogen-bond donors (Lipinski definition) is 1. The SMILES string of the molecule is O=C(NCc1ccncc1)C(=O)c1c(-c2ccc(F)cc2)cc2ccccn12. The molecule has 138 valence electrons. The number of benzene rings is 1. The average Bonchev–Trinajstić information content (AvgIpc) is 3.12. The van der Waals surface area contributed by atoms with Crippen molar-refractivity contribution in [2.24, 2.45) is 0 Å². The van der Waals surface area contributed by atoms with Crippen LogP contribution in [0.2, 0.25) is 0 Å². The maximum atomic E-state index is 13.3. The van der Waals surface area contributed by atoms with E-state index in [0.717, 1.165) is 11.1 Å². The first kappa shape index (κ1) is 17.6. The molecule has 3 heterocycles. The number of fused-ring (bicyclic) bond motifs is 1. The third-order valence-electron chi connectivity index (χ3n) is 4.46. The van der Waals surface area contributed by atoms with E-state index in [1.165, 1.54) is 12.1 Å². The van der Waals surface area contributed by atoms with Crippen LogP contribution in [0.3, 0.4) is 0 Å². The number of carbonyl (C=O) groups is 2. The molecule has 1 amide bonds. The molecule has 3 aromatic heterocycles. The van der Waals surface area contributed by atoms with E-state index in [1.807, 2.05) is 18.2 Å². The number of ketones is 1. The van der Waals surface area contributed by atoms with Crippen LogP contribution in [-0.2, 0) is 11.3 Å². The Bertz CT molecular complexity index is 1150. The maximum absolute atomic E-state index is 13.3. The second-order valence-electron chi connectivity index (χ2n) is 6.28. The summed E-state index contributed by atoms with van der Waals surface area (Å²) in [5, 5.41) is 2.65. The first-order valence-electron chi connectivity index (χ1n) is 8.71. The lowest BCUT2D eigenvalue weighted by atomic mass is 10.0. The molecule has 28 heavy (non-hydrogen) atoms. The largest absolute Gasteiger partial charge is 0.345 e. The number of carbonyl (C=O) groups excluding carboxylic acids is 2. The summed E-state index contributed by atoms with van der Waals surface area (Å²) in [6, 6.07) is 16.7. The van der Waals surface area contributed by atoms with Gasteiger partial charge in [-0.25, -0.2) is 4.39 Å². The Labute approximate surface area is 160 Å². The van der Waals surface area contributed by atoms with Crippen molar-refractivity contribution in [1.82, 2.24) is 14.7 Å². The zero-order valence-corrected chi connectivity index (χ0v) is 14.8. The van der Waals surface area contributed by atoms with Crippen molar-refractivity contribution in [2.75, 3.05) is 0 Å². The van der Waals surface area contributed by atoms with E-state index in [1.54, 1.807) is 53.3 Å². The standard InChI is InChI=1S/C22H16FN3O2/c23-17-6-4-16(5-7-17)19-13-18-3-1-2-12-26(18)20(19)21(27)22(28)25-14-15-8-10-24-11-9-15/h1-13H,14H2,(H,25,28). The second-order valence-corrected chi connectivity index (χ2v) is 6.28. The summed E-state index contributed by atoms with van der Waals surface area (Å²) >= 11 is 0. The smallest absolute Gasteiger partial charge is 0.294 e. The average molecular weight is 373 g/mol. The van der Waals surface area contributed by atoms with E-state index in [-0.39, 0.29) is 18.1 Å². The normalized spacial score (nSPS) is 10.8. The predicted molar refractivity (Wildman–Crippen MR) is 103 cm³/mol. The van der Waals surface area contributed by atoms with Crippen LogP contribution in [-0.4, -0.2) is 21.1 Å². The summed E-state index contributed by atoms with van der Waals surface area (Å²) in [6.45, 7) is 0.224. The molecule has 0 atom stereocenters. The van der Waals surface area contributed by atoms with E-state index >= 15 is 0 Å². The molecule has 0 spiro atoms. The molecule has 0 aliphatic carbocycles. The van der Waals surface area contributed by atoms with Crippen LogP contribution >= 0.6 is 0 Å². The van der Waals surface area contributed by atoms with Gasteiger partial charge in [-0.1, -0.05) is 18.2 Å². The molecule has 0 unspecified atom stereocenters. The van der Waals surface area contributed by atoms with Crippen molar-refractivity contribution < 1.29 is 14.0 Å². The number of rotatable bonds is 5. The quantitative estimate of drug-likeness (QED) is 0.429. The van der Waals surface area contributed by atoms with E-state index < -0.39 is 11.7 Å². The molecule has 5 nitrogen and oxygen atoms in total. The van der Waals surface area contributed by atoms with Crippen molar-refractivity contribution in [3.63, 3.8) is 0 Å². The van der Waals surface area contributed by atoms with E-state index in [2.05, 4.69) is 10.3 Å². The maximum Gasteiger partial charge on any atom is 0.294 e. The van der Waals surface area contributed by atoms with E-state index in [9.17, 15) is 14.0 Å². The van der Waals surface area contributed by atoms with Gasteiger partial charge in [-0.2, -0.15) is 0 Å². The third kappa shape index (κ3) is 3.40. The Morgan fingerprint density at radius 1 is 1.00 bits per heavy atom. The van der Waals surface area contributed by atoms with Gasteiger partial charge < -0.3 is 9.72 Å². The molecule has 4 aromatic rings. The number of pyridine rings is 2. The van der Waals surface area contributed by atoms with Crippen LogP contribution in [0.25, 0.3) is 16.6 Å². The Balaban J connectivity index is 1.70. The number of nitrogens with one attached hydrogen (secondary N) is 1. The van der Waals surface area contributed by atoms with Crippen LogP contribution in [0, 0.1) is 5.82 Å². The highest BCUT2D eigenvalue weighted by atomic mass is 19.1. The van der Waals surface area contributed by atoms with Gasteiger partial charge in [0.25, 0.3) is 11.7 Å². The molecule has 0 aliphatic heterocycles. The van der Waals surface area contributed by atoms with Crippen molar-refractivity contribution >= 4 is 17.2 Å². The zero-order valence-electron chi connectivity index (χ0n) is 14.8. The molecule has 1 aromatic carbocycles. The van der Waals surface area contributed by atoms with Crippen LogP contribution in [0.1, 0.15) is 16.1 Å². The number of hydrogen-bond acceptors (Lipinski definition) is 3. The molecule has 0 radical (unpaired) electrons. The molecule has 0 aliphatic rings. The lowest BCUT2D eigenvalue weighted by molar-refractivity contribution is -0.117. The van der Waals surface area contributed by atoms with Gasteiger partial charge in [0.15, 0.2) is 0 Å². The van der Waals surface area contributed by atoms with E-state index in [4.69, 9.17) is 0 Å². The van der Waals surface area contributed by atoms with Gasteiger partial charge in [-0.05, 0) is 53.6 Å². The minimum absolute atomic E-state index is 0.224. The first-order valence-corrected chi connectivity index (χ1v) is 8.71. The number of nitrogens with zero attached hydrogens (tertiary/aromatic N) is 2. The van der Waals surface area contributed by atoms with Gasteiger partial charge in [-0.3, -0.25) is 14.6 Å².